The fourth-order valence-corrected chi connectivity index (χ4v) is 2.01. The van der Waals surface area contributed by atoms with Gasteiger partial charge in [-0.15, -0.1) is 0 Å². The van der Waals surface area contributed by atoms with Crippen LogP contribution in [0.2, 0.25) is 5.02 Å². The Labute approximate surface area is 141 Å². The van der Waals surface area contributed by atoms with Gasteiger partial charge in [0.25, 0.3) is 5.91 Å². The van der Waals surface area contributed by atoms with Crippen LogP contribution in [0.25, 0.3) is 0 Å². The van der Waals surface area contributed by atoms with Gasteiger partial charge >= 0.3 is 0 Å². The van der Waals surface area contributed by atoms with E-state index >= 15 is 0 Å². The van der Waals surface area contributed by atoms with Crippen molar-refractivity contribution in [1.82, 2.24) is 5.43 Å². The van der Waals surface area contributed by atoms with Gasteiger partial charge < -0.3 is 4.74 Å². The number of amides is 1. The Hall–Kier alpha value is -2.33. The maximum atomic E-state index is 11.8. The summed E-state index contributed by atoms with van der Waals surface area (Å²) in [6.45, 7) is 5.64. The molecule has 0 fully saturated rings. The highest BCUT2D eigenvalue weighted by Gasteiger charge is 2.04. The maximum absolute atomic E-state index is 11.8. The van der Waals surface area contributed by atoms with Gasteiger partial charge in [0.2, 0.25) is 0 Å². The van der Waals surface area contributed by atoms with Crippen LogP contribution in [0.5, 0.6) is 5.75 Å². The number of nitrogens with one attached hydrogen (secondary N) is 1. The molecule has 0 saturated carbocycles. The van der Waals surface area contributed by atoms with Gasteiger partial charge in [0.1, 0.15) is 5.75 Å². The minimum Gasteiger partial charge on any atom is -0.484 e. The Balaban J connectivity index is 1.88. The predicted molar refractivity (Wildman–Crippen MR) is 93.2 cm³/mol. The molecule has 0 bridgehead atoms. The molecular weight excluding hydrogens is 312 g/mol. The van der Waals surface area contributed by atoms with E-state index in [-0.39, 0.29) is 12.5 Å². The van der Waals surface area contributed by atoms with Crippen molar-refractivity contribution in [3.05, 3.63) is 64.2 Å². The van der Waals surface area contributed by atoms with E-state index in [0.29, 0.717) is 10.8 Å². The van der Waals surface area contributed by atoms with Crippen LogP contribution in [0.15, 0.2) is 47.6 Å². The number of hydrazone groups is 1. The van der Waals surface area contributed by atoms with Crippen LogP contribution >= 0.6 is 11.6 Å². The molecule has 0 aliphatic carbocycles. The molecule has 0 aliphatic rings. The summed E-state index contributed by atoms with van der Waals surface area (Å²) in [5.41, 5.74) is 6.27. The smallest absolute Gasteiger partial charge is 0.277 e. The van der Waals surface area contributed by atoms with Crippen molar-refractivity contribution in [3.8, 4) is 5.75 Å². The Morgan fingerprint density at radius 2 is 1.87 bits per heavy atom. The summed E-state index contributed by atoms with van der Waals surface area (Å²) >= 11 is 5.94. The fourth-order valence-electron chi connectivity index (χ4n) is 1.89. The van der Waals surface area contributed by atoms with E-state index in [0.717, 1.165) is 16.8 Å². The van der Waals surface area contributed by atoms with E-state index in [1.807, 2.05) is 45.0 Å². The number of carbonyl (C=O) groups is 1. The summed E-state index contributed by atoms with van der Waals surface area (Å²) in [5.74, 6) is 0.283. The van der Waals surface area contributed by atoms with Gasteiger partial charge in [-0.25, -0.2) is 5.43 Å². The molecule has 23 heavy (non-hydrogen) atoms. The van der Waals surface area contributed by atoms with Crippen LogP contribution in [-0.2, 0) is 4.79 Å². The summed E-state index contributed by atoms with van der Waals surface area (Å²) in [5, 5.41) is 4.75. The molecule has 0 spiro atoms. The topological polar surface area (TPSA) is 50.7 Å². The molecule has 0 radical (unpaired) electrons. The summed E-state index contributed by atoms with van der Waals surface area (Å²) in [7, 11) is 0. The van der Waals surface area contributed by atoms with Gasteiger partial charge in [-0.3, -0.25) is 4.79 Å². The van der Waals surface area contributed by atoms with Crippen molar-refractivity contribution >= 4 is 23.2 Å². The number of nitrogens with zero attached hydrogens (tertiary/aromatic N) is 1. The fraction of sp³-hybridized carbons (Fsp3) is 0.222. The van der Waals surface area contributed by atoms with E-state index in [2.05, 4.69) is 10.5 Å². The molecule has 2 rings (SSSR count). The second-order valence-corrected chi connectivity index (χ2v) is 5.71. The summed E-state index contributed by atoms with van der Waals surface area (Å²) < 4.78 is 5.42. The lowest BCUT2D eigenvalue weighted by atomic mass is 10.1. The average molecular weight is 331 g/mol. The van der Waals surface area contributed by atoms with Crippen molar-refractivity contribution in [2.75, 3.05) is 6.61 Å². The summed E-state index contributed by atoms with van der Waals surface area (Å²) in [4.78, 5) is 11.8. The first kappa shape index (κ1) is 17.0. The first-order valence-corrected chi connectivity index (χ1v) is 7.62. The monoisotopic (exact) mass is 330 g/mol. The van der Waals surface area contributed by atoms with Crippen molar-refractivity contribution in [1.29, 1.82) is 0 Å². The van der Waals surface area contributed by atoms with Crippen LogP contribution in [0.4, 0.5) is 0 Å². The Kier molecular flexibility index (Phi) is 5.77. The second-order valence-electron chi connectivity index (χ2n) is 5.30. The standard InChI is InChI=1S/C18H19ClN2O2/c1-12-4-6-15(7-5-12)14(3)20-21-18(22)11-23-16-8-9-17(19)13(2)10-16/h4-10H,11H2,1-3H3,(H,21,22)/b20-14+. The number of benzene rings is 2. The Morgan fingerprint density at radius 1 is 1.17 bits per heavy atom. The van der Waals surface area contributed by atoms with Crippen LogP contribution in [-0.4, -0.2) is 18.2 Å². The molecule has 0 saturated heterocycles. The molecule has 5 heteroatoms. The molecule has 0 atom stereocenters. The molecule has 0 unspecified atom stereocenters. The molecule has 1 amide bonds. The van der Waals surface area contributed by atoms with Crippen molar-refractivity contribution < 1.29 is 9.53 Å². The number of hydrogen-bond donors (Lipinski definition) is 1. The van der Waals surface area contributed by atoms with Crippen LogP contribution < -0.4 is 10.2 Å². The van der Waals surface area contributed by atoms with Crippen LogP contribution in [0.1, 0.15) is 23.6 Å². The Bertz CT molecular complexity index is 724. The van der Waals surface area contributed by atoms with Crippen LogP contribution in [0, 0.1) is 13.8 Å². The molecule has 0 heterocycles. The lowest BCUT2D eigenvalue weighted by Crippen LogP contribution is -2.25. The number of rotatable bonds is 5. The first-order chi connectivity index (χ1) is 11.0. The SMILES string of the molecule is C/C(=N\NC(=O)COc1ccc(Cl)c(C)c1)c1ccc(C)cc1. The zero-order valence-electron chi connectivity index (χ0n) is 13.4. The number of carbonyl (C=O) groups excluding carboxylic acids is 1. The number of ether oxygens (including phenoxy) is 1. The van der Waals surface area contributed by atoms with Crippen molar-refractivity contribution in [2.24, 2.45) is 5.10 Å². The van der Waals surface area contributed by atoms with Crippen LogP contribution in [0.3, 0.4) is 0 Å². The molecule has 4 nitrogen and oxygen atoms in total. The average Bonchev–Trinajstić information content (AvgIpc) is 2.54. The minimum atomic E-state index is -0.316. The maximum Gasteiger partial charge on any atom is 0.277 e. The van der Waals surface area contributed by atoms with Gasteiger partial charge in [-0.2, -0.15) is 5.10 Å². The zero-order valence-corrected chi connectivity index (χ0v) is 14.1. The third kappa shape index (κ3) is 5.11. The molecule has 0 aliphatic heterocycles. The number of aryl methyl sites for hydroxylation is 2. The molecule has 2 aromatic carbocycles. The second kappa shape index (κ2) is 7.79. The molecule has 2 aromatic rings. The minimum absolute atomic E-state index is 0.105. The first-order valence-electron chi connectivity index (χ1n) is 7.25. The molecule has 120 valence electrons. The summed E-state index contributed by atoms with van der Waals surface area (Å²) in [6.07, 6.45) is 0. The third-order valence-electron chi connectivity index (χ3n) is 3.32. The number of halogens is 1. The van der Waals surface area contributed by atoms with E-state index in [4.69, 9.17) is 16.3 Å². The molecule has 1 N–H and O–H groups in total. The van der Waals surface area contributed by atoms with Gasteiger partial charge in [0, 0.05) is 5.02 Å². The van der Waals surface area contributed by atoms with E-state index in [1.54, 1.807) is 18.2 Å². The highest BCUT2D eigenvalue weighted by molar-refractivity contribution is 6.31. The highest BCUT2D eigenvalue weighted by Crippen LogP contribution is 2.20. The summed E-state index contributed by atoms with van der Waals surface area (Å²) in [6, 6.07) is 13.2. The lowest BCUT2D eigenvalue weighted by Gasteiger charge is -2.07. The molecule has 0 aromatic heterocycles. The van der Waals surface area contributed by atoms with E-state index in [9.17, 15) is 4.79 Å². The quantitative estimate of drug-likeness (QED) is 0.668. The highest BCUT2D eigenvalue weighted by atomic mass is 35.5. The largest absolute Gasteiger partial charge is 0.484 e. The Morgan fingerprint density at radius 3 is 2.52 bits per heavy atom. The van der Waals surface area contributed by atoms with Crippen molar-refractivity contribution in [3.63, 3.8) is 0 Å². The lowest BCUT2D eigenvalue weighted by molar-refractivity contribution is -0.123. The van der Waals surface area contributed by atoms with Gasteiger partial charge in [-0.1, -0.05) is 41.4 Å². The molecular formula is C18H19ClN2O2. The van der Waals surface area contributed by atoms with Gasteiger partial charge in [0.15, 0.2) is 6.61 Å². The normalized spacial score (nSPS) is 11.2. The van der Waals surface area contributed by atoms with E-state index < -0.39 is 0 Å². The van der Waals surface area contributed by atoms with Gasteiger partial charge in [-0.05, 0) is 50.1 Å². The number of hydrogen-bond acceptors (Lipinski definition) is 3. The third-order valence-corrected chi connectivity index (χ3v) is 3.74. The predicted octanol–water partition coefficient (Wildman–Crippen LogP) is 3.88. The van der Waals surface area contributed by atoms with Gasteiger partial charge in [0.05, 0.1) is 5.71 Å². The van der Waals surface area contributed by atoms with Crippen molar-refractivity contribution in [2.45, 2.75) is 20.8 Å². The zero-order chi connectivity index (χ0) is 16.8. The van der Waals surface area contributed by atoms with E-state index in [1.165, 1.54) is 5.56 Å².